The third kappa shape index (κ3) is 3.29. The molecule has 134 valence electrons. The van der Waals surface area contributed by atoms with E-state index in [1.54, 1.807) is 0 Å². The van der Waals surface area contributed by atoms with Gasteiger partial charge in [-0.3, -0.25) is 0 Å². The molecule has 0 atom stereocenters. The zero-order valence-electron chi connectivity index (χ0n) is 15.1. The number of aromatic nitrogens is 1. The van der Waals surface area contributed by atoms with Gasteiger partial charge >= 0.3 is 0 Å². The van der Waals surface area contributed by atoms with Crippen LogP contribution in [0.2, 0.25) is 10.0 Å². The van der Waals surface area contributed by atoms with E-state index in [4.69, 9.17) is 23.2 Å². The number of hydrogen-bond donors (Lipinski definition) is 0. The summed E-state index contributed by atoms with van der Waals surface area (Å²) in [5, 5.41) is 2.84. The minimum Gasteiger partial charge on any atom is -0.320 e. The number of benzene rings is 2. The van der Waals surface area contributed by atoms with Crippen LogP contribution in [-0.4, -0.2) is 29.6 Å². The molecule has 0 N–H and O–H groups in total. The SMILES string of the molecule is C/C(=C\n1c2c(c3cc(Cl)ccc31)CCN(C)CC2)c1ccc(Cl)cc1. The van der Waals surface area contributed by atoms with E-state index in [1.807, 2.05) is 18.2 Å². The zero-order chi connectivity index (χ0) is 18.3. The molecule has 2 nitrogen and oxygen atoms in total. The summed E-state index contributed by atoms with van der Waals surface area (Å²) < 4.78 is 2.37. The van der Waals surface area contributed by atoms with Crippen LogP contribution in [0.25, 0.3) is 22.7 Å². The van der Waals surface area contributed by atoms with Gasteiger partial charge in [0, 0.05) is 46.8 Å². The standard InChI is InChI=1S/C22H22Cl2N2/c1-15(16-3-5-17(23)6-4-16)14-26-21-8-7-18(24)13-20(21)19-9-11-25(2)12-10-22(19)26/h3-8,13-14H,9-12H2,1-2H3/b15-14+. The highest BCUT2D eigenvalue weighted by Crippen LogP contribution is 2.32. The Balaban J connectivity index is 1.89. The Labute approximate surface area is 164 Å². The van der Waals surface area contributed by atoms with E-state index < -0.39 is 0 Å². The van der Waals surface area contributed by atoms with Crippen LogP contribution in [0.4, 0.5) is 0 Å². The summed E-state index contributed by atoms with van der Waals surface area (Å²) in [6.07, 6.45) is 4.36. The van der Waals surface area contributed by atoms with Crippen molar-refractivity contribution in [3.8, 4) is 0 Å². The molecule has 0 spiro atoms. The van der Waals surface area contributed by atoms with Gasteiger partial charge in [0.2, 0.25) is 0 Å². The first-order valence-electron chi connectivity index (χ1n) is 8.97. The Hall–Kier alpha value is -1.74. The van der Waals surface area contributed by atoms with Gasteiger partial charge in [0.05, 0.1) is 5.52 Å². The zero-order valence-corrected chi connectivity index (χ0v) is 16.6. The Morgan fingerprint density at radius 1 is 0.962 bits per heavy atom. The van der Waals surface area contributed by atoms with Crippen molar-refractivity contribution >= 4 is 45.9 Å². The van der Waals surface area contributed by atoms with Crippen LogP contribution in [0.1, 0.15) is 23.7 Å². The van der Waals surface area contributed by atoms with Gasteiger partial charge in [0.1, 0.15) is 0 Å². The van der Waals surface area contributed by atoms with Crippen molar-refractivity contribution in [2.75, 3.05) is 20.1 Å². The second-order valence-electron chi connectivity index (χ2n) is 7.08. The van der Waals surface area contributed by atoms with E-state index in [-0.39, 0.29) is 0 Å². The highest BCUT2D eigenvalue weighted by molar-refractivity contribution is 6.31. The topological polar surface area (TPSA) is 8.17 Å². The van der Waals surface area contributed by atoms with Crippen LogP contribution in [0.3, 0.4) is 0 Å². The fourth-order valence-corrected chi connectivity index (χ4v) is 4.09. The van der Waals surface area contributed by atoms with Crippen LogP contribution in [-0.2, 0) is 12.8 Å². The predicted octanol–water partition coefficient (Wildman–Crippen LogP) is 6.00. The van der Waals surface area contributed by atoms with Crippen LogP contribution in [0.5, 0.6) is 0 Å². The Morgan fingerprint density at radius 2 is 1.65 bits per heavy atom. The monoisotopic (exact) mass is 384 g/mol. The summed E-state index contributed by atoms with van der Waals surface area (Å²) >= 11 is 12.3. The lowest BCUT2D eigenvalue weighted by molar-refractivity contribution is 0.351. The van der Waals surface area contributed by atoms with E-state index in [9.17, 15) is 0 Å². The molecule has 3 aromatic rings. The lowest BCUT2D eigenvalue weighted by Gasteiger charge is -2.13. The van der Waals surface area contributed by atoms with Crippen LogP contribution in [0.15, 0.2) is 42.5 Å². The molecule has 1 aromatic heterocycles. The molecule has 2 aromatic carbocycles. The van der Waals surface area contributed by atoms with Gasteiger partial charge in [-0.05, 0) is 67.4 Å². The number of hydrogen-bond acceptors (Lipinski definition) is 1. The molecular weight excluding hydrogens is 363 g/mol. The summed E-state index contributed by atoms with van der Waals surface area (Å²) in [6, 6.07) is 14.3. The van der Waals surface area contributed by atoms with Crippen molar-refractivity contribution in [1.82, 2.24) is 9.47 Å². The molecule has 26 heavy (non-hydrogen) atoms. The number of nitrogens with zero attached hydrogens (tertiary/aromatic N) is 2. The first-order valence-corrected chi connectivity index (χ1v) is 9.72. The van der Waals surface area contributed by atoms with E-state index in [1.165, 1.54) is 33.3 Å². The Kier molecular flexibility index (Phi) is 4.83. The van der Waals surface area contributed by atoms with Gasteiger partial charge in [0.25, 0.3) is 0 Å². The van der Waals surface area contributed by atoms with Crippen molar-refractivity contribution < 1.29 is 0 Å². The minimum atomic E-state index is 0.763. The molecule has 0 bridgehead atoms. The third-order valence-electron chi connectivity index (χ3n) is 5.28. The quantitative estimate of drug-likeness (QED) is 0.526. The average molecular weight is 385 g/mol. The molecule has 4 heteroatoms. The van der Waals surface area contributed by atoms with Gasteiger partial charge in [-0.2, -0.15) is 0 Å². The molecular formula is C22H22Cl2N2. The number of allylic oxidation sites excluding steroid dienone is 1. The second-order valence-corrected chi connectivity index (χ2v) is 7.95. The molecule has 0 aliphatic carbocycles. The first kappa shape index (κ1) is 17.7. The molecule has 0 amide bonds. The molecule has 2 heterocycles. The molecule has 0 unspecified atom stereocenters. The van der Waals surface area contributed by atoms with Crippen molar-refractivity contribution in [3.05, 3.63) is 69.3 Å². The van der Waals surface area contributed by atoms with Crippen LogP contribution in [0, 0.1) is 0 Å². The normalized spacial score (nSPS) is 15.9. The van der Waals surface area contributed by atoms with Gasteiger partial charge in [-0.15, -0.1) is 0 Å². The summed E-state index contributed by atoms with van der Waals surface area (Å²) in [6.45, 7) is 4.31. The number of rotatable bonds is 2. The Morgan fingerprint density at radius 3 is 2.42 bits per heavy atom. The fourth-order valence-electron chi connectivity index (χ4n) is 3.80. The maximum Gasteiger partial charge on any atom is 0.0529 e. The first-order chi connectivity index (χ1) is 12.5. The summed E-state index contributed by atoms with van der Waals surface area (Å²) in [5.41, 5.74) is 6.47. The van der Waals surface area contributed by atoms with Gasteiger partial charge in [0.15, 0.2) is 0 Å². The third-order valence-corrected chi connectivity index (χ3v) is 5.77. The summed E-state index contributed by atoms with van der Waals surface area (Å²) in [4.78, 5) is 2.40. The van der Waals surface area contributed by atoms with E-state index >= 15 is 0 Å². The lowest BCUT2D eigenvalue weighted by Crippen LogP contribution is -2.21. The molecule has 4 rings (SSSR count). The van der Waals surface area contributed by atoms with E-state index in [0.29, 0.717) is 0 Å². The second kappa shape index (κ2) is 7.11. The predicted molar refractivity (Wildman–Crippen MR) is 113 cm³/mol. The smallest absolute Gasteiger partial charge is 0.0529 e. The number of likely N-dealkylation sites (N-methyl/N-ethyl adjacent to an activating group) is 1. The number of fused-ring (bicyclic) bond motifs is 3. The molecule has 0 saturated carbocycles. The van der Waals surface area contributed by atoms with E-state index in [2.05, 4.69) is 53.9 Å². The molecule has 1 aliphatic rings. The summed E-state index contributed by atoms with van der Waals surface area (Å²) in [7, 11) is 2.19. The minimum absolute atomic E-state index is 0.763. The fraction of sp³-hybridized carbons (Fsp3) is 0.273. The number of halogens is 2. The van der Waals surface area contributed by atoms with Crippen LogP contribution >= 0.6 is 23.2 Å². The highest BCUT2D eigenvalue weighted by Gasteiger charge is 2.20. The average Bonchev–Trinajstić information content (AvgIpc) is 2.76. The van der Waals surface area contributed by atoms with E-state index in [0.717, 1.165) is 36.0 Å². The maximum absolute atomic E-state index is 6.31. The van der Waals surface area contributed by atoms with Gasteiger partial charge < -0.3 is 9.47 Å². The van der Waals surface area contributed by atoms with Crippen molar-refractivity contribution in [2.45, 2.75) is 19.8 Å². The largest absolute Gasteiger partial charge is 0.320 e. The summed E-state index contributed by atoms with van der Waals surface area (Å²) in [5.74, 6) is 0. The molecule has 0 saturated heterocycles. The van der Waals surface area contributed by atoms with Crippen molar-refractivity contribution in [1.29, 1.82) is 0 Å². The molecule has 1 aliphatic heterocycles. The highest BCUT2D eigenvalue weighted by atomic mass is 35.5. The van der Waals surface area contributed by atoms with Gasteiger partial charge in [-0.25, -0.2) is 0 Å². The lowest BCUT2D eigenvalue weighted by atomic mass is 10.1. The van der Waals surface area contributed by atoms with Gasteiger partial charge in [-0.1, -0.05) is 35.3 Å². The molecule has 0 fully saturated rings. The Bertz CT molecular complexity index is 984. The molecule has 0 radical (unpaired) electrons. The van der Waals surface area contributed by atoms with Crippen molar-refractivity contribution in [3.63, 3.8) is 0 Å². The maximum atomic E-state index is 6.31. The van der Waals surface area contributed by atoms with Crippen molar-refractivity contribution in [2.24, 2.45) is 0 Å². The van der Waals surface area contributed by atoms with Crippen LogP contribution < -0.4 is 0 Å².